The van der Waals surface area contributed by atoms with Crippen LogP contribution in [0.3, 0.4) is 0 Å². The van der Waals surface area contributed by atoms with Gasteiger partial charge in [0.15, 0.2) is 0 Å². The van der Waals surface area contributed by atoms with Gasteiger partial charge in [-0.15, -0.1) is 0 Å². The summed E-state index contributed by atoms with van der Waals surface area (Å²) in [5.74, 6) is 0.171. The second kappa shape index (κ2) is 4.00. The van der Waals surface area contributed by atoms with Crippen LogP contribution in [-0.4, -0.2) is 30.1 Å². The van der Waals surface area contributed by atoms with Crippen molar-refractivity contribution in [3.8, 4) is 0 Å². The average Bonchev–Trinajstić information content (AvgIpc) is 2.84. The Morgan fingerprint density at radius 3 is 3.00 bits per heavy atom. The lowest BCUT2D eigenvalue weighted by Crippen LogP contribution is -2.29. The van der Waals surface area contributed by atoms with Crippen molar-refractivity contribution in [1.82, 2.24) is 4.90 Å². The molecule has 0 unspecified atom stereocenters. The Labute approximate surface area is 85.9 Å². The molecule has 0 saturated carbocycles. The first-order valence-electron chi connectivity index (χ1n) is 4.47. The maximum atomic E-state index is 11.4. The Bertz CT molecular complexity index is 394. The minimum absolute atomic E-state index is 0.263. The molecule has 2 amide bonds. The number of ether oxygens (including phenoxy) is 1. The van der Waals surface area contributed by atoms with E-state index < -0.39 is 12.0 Å². The maximum Gasteiger partial charge on any atom is 0.416 e. The molecule has 2 rings (SSSR count). The molecule has 0 bridgehead atoms. The maximum absolute atomic E-state index is 11.4. The first kappa shape index (κ1) is 9.51. The van der Waals surface area contributed by atoms with Gasteiger partial charge in [0.1, 0.15) is 12.4 Å². The predicted octanol–water partition coefficient (Wildman–Crippen LogP) is 1.27. The number of carbonyl (C=O) groups is 2. The third-order valence-electron chi connectivity index (χ3n) is 1.96. The molecule has 1 fully saturated rings. The highest BCUT2D eigenvalue weighted by Gasteiger charge is 2.26. The summed E-state index contributed by atoms with van der Waals surface area (Å²) in [5.41, 5.74) is 0. The molecule has 0 atom stereocenters. The fourth-order valence-corrected chi connectivity index (χ4v) is 1.22. The lowest BCUT2D eigenvalue weighted by molar-refractivity contribution is -0.122. The smallest absolute Gasteiger partial charge is 0.416 e. The van der Waals surface area contributed by atoms with Crippen molar-refractivity contribution in [2.45, 2.75) is 0 Å². The number of cyclic esters (lactones) is 1. The number of imide groups is 1. The number of furan rings is 1. The van der Waals surface area contributed by atoms with E-state index in [4.69, 9.17) is 4.42 Å². The zero-order valence-corrected chi connectivity index (χ0v) is 7.88. The summed E-state index contributed by atoms with van der Waals surface area (Å²) < 4.78 is 9.63. The van der Waals surface area contributed by atoms with Crippen LogP contribution in [0.1, 0.15) is 5.76 Å². The molecule has 0 aromatic carbocycles. The molecule has 1 saturated heterocycles. The normalized spacial score (nSPS) is 16.0. The van der Waals surface area contributed by atoms with Crippen molar-refractivity contribution in [1.29, 1.82) is 0 Å². The van der Waals surface area contributed by atoms with Crippen LogP contribution in [0.5, 0.6) is 0 Å². The Morgan fingerprint density at radius 2 is 2.40 bits per heavy atom. The van der Waals surface area contributed by atoms with Gasteiger partial charge < -0.3 is 9.15 Å². The van der Waals surface area contributed by atoms with Gasteiger partial charge in [0.05, 0.1) is 12.8 Å². The zero-order valence-electron chi connectivity index (χ0n) is 7.88. The van der Waals surface area contributed by atoms with Crippen LogP contribution >= 0.6 is 0 Å². The molecule has 0 N–H and O–H groups in total. The number of nitrogens with zero attached hydrogens (tertiary/aromatic N) is 1. The SMILES string of the molecule is O=C(/C=C/c1ccco1)N1CCOC1=O. The summed E-state index contributed by atoms with van der Waals surface area (Å²) in [5, 5.41) is 0. The second-order valence-electron chi connectivity index (χ2n) is 2.95. The molecule has 0 radical (unpaired) electrons. The predicted molar refractivity (Wildman–Crippen MR) is 50.8 cm³/mol. The van der Waals surface area contributed by atoms with E-state index in [1.165, 1.54) is 18.4 Å². The summed E-state index contributed by atoms with van der Waals surface area (Å²) in [4.78, 5) is 23.5. The topological polar surface area (TPSA) is 59.8 Å². The standard InChI is InChI=1S/C10H9NO4/c12-9(11-5-7-15-10(11)13)4-3-8-2-1-6-14-8/h1-4,6H,5,7H2/b4-3+. The molecule has 1 aromatic heterocycles. The summed E-state index contributed by atoms with van der Waals surface area (Å²) in [7, 11) is 0. The quantitative estimate of drug-likeness (QED) is 0.685. The van der Waals surface area contributed by atoms with E-state index in [0.29, 0.717) is 12.3 Å². The molecule has 5 nitrogen and oxygen atoms in total. The molecular weight excluding hydrogens is 198 g/mol. The van der Waals surface area contributed by atoms with Crippen molar-refractivity contribution in [3.05, 3.63) is 30.2 Å². The van der Waals surface area contributed by atoms with Gasteiger partial charge in [-0.25, -0.2) is 9.69 Å². The van der Waals surface area contributed by atoms with Crippen LogP contribution < -0.4 is 0 Å². The van der Waals surface area contributed by atoms with Gasteiger partial charge in [-0.2, -0.15) is 0 Å². The summed E-state index contributed by atoms with van der Waals surface area (Å²) in [6, 6.07) is 3.43. The molecule has 15 heavy (non-hydrogen) atoms. The summed E-state index contributed by atoms with van der Waals surface area (Å²) in [6.45, 7) is 0.569. The van der Waals surface area contributed by atoms with Gasteiger partial charge in [0.25, 0.3) is 5.91 Å². The second-order valence-corrected chi connectivity index (χ2v) is 2.95. The Balaban J connectivity index is 2.00. The van der Waals surface area contributed by atoms with Crippen LogP contribution in [0.2, 0.25) is 0 Å². The third kappa shape index (κ3) is 2.07. The van der Waals surface area contributed by atoms with Gasteiger partial charge in [-0.1, -0.05) is 0 Å². The number of hydrogen-bond donors (Lipinski definition) is 0. The molecule has 0 aliphatic carbocycles. The highest BCUT2D eigenvalue weighted by molar-refractivity contribution is 6.01. The highest BCUT2D eigenvalue weighted by Crippen LogP contribution is 2.07. The summed E-state index contributed by atoms with van der Waals surface area (Å²) >= 11 is 0. The largest absolute Gasteiger partial charge is 0.465 e. The van der Waals surface area contributed by atoms with Crippen molar-refractivity contribution < 1.29 is 18.7 Å². The summed E-state index contributed by atoms with van der Waals surface area (Å²) in [6.07, 6.45) is 3.71. The molecule has 5 heteroatoms. The van der Waals surface area contributed by atoms with E-state index in [2.05, 4.69) is 4.74 Å². The number of amides is 2. The van der Waals surface area contributed by atoms with E-state index in [-0.39, 0.29) is 6.61 Å². The molecule has 1 aliphatic heterocycles. The number of rotatable bonds is 2. The molecule has 1 aromatic rings. The van der Waals surface area contributed by atoms with Crippen LogP contribution in [0.25, 0.3) is 6.08 Å². The van der Waals surface area contributed by atoms with E-state index >= 15 is 0 Å². The lowest BCUT2D eigenvalue weighted by atomic mass is 10.3. The van der Waals surface area contributed by atoms with Crippen LogP contribution in [0.15, 0.2) is 28.9 Å². The molecule has 1 aliphatic rings. The van der Waals surface area contributed by atoms with Crippen LogP contribution in [0.4, 0.5) is 4.79 Å². The van der Waals surface area contributed by atoms with Crippen molar-refractivity contribution in [2.75, 3.05) is 13.2 Å². The highest BCUT2D eigenvalue weighted by atomic mass is 16.6. The van der Waals surface area contributed by atoms with E-state index in [1.807, 2.05) is 0 Å². The van der Waals surface area contributed by atoms with Crippen molar-refractivity contribution in [3.63, 3.8) is 0 Å². The molecule has 0 spiro atoms. The van der Waals surface area contributed by atoms with Crippen LogP contribution in [-0.2, 0) is 9.53 Å². The average molecular weight is 207 g/mol. The fraction of sp³-hybridized carbons (Fsp3) is 0.200. The monoisotopic (exact) mass is 207 g/mol. The minimum atomic E-state index is -0.593. The Morgan fingerprint density at radius 1 is 1.53 bits per heavy atom. The van der Waals surface area contributed by atoms with E-state index in [1.54, 1.807) is 12.1 Å². The fourth-order valence-electron chi connectivity index (χ4n) is 1.22. The Kier molecular flexibility index (Phi) is 2.53. The lowest BCUT2D eigenvalue weighted by Gasteiger charge is -2.05. The van der Waals surface area contributed by atoms with Gasteiger partial charge in [0.2, 0.25) is 0 Å². The van der Waals surface area contributed by atoms with Gasteiger partial charge in [0, 0.05) is 6.08 Å². The van der Waals surface area contributed by atoms with Gasteiger partial charge in [-0.05, 0) is 18.2 Å². The molecule has 78 valence electrons. The zero-order chi connectivity index (χ0) is 10.7. The van der Waals surface area contributed by atoms with Crippen molar-refractivity contribution >= 4 is 18.1 Å². The molecular formula is C10H9NO4. The van der Waals surface area contributed by atoms with Gasteiger partial charge in [-0.3, -0.25) is 4.79 Å². The number of carbonyl (C=O) groups excluding carboxylic acids is 2. The van der Waals surface area contributed by atoms with E-state index in [0.717, 1.165) is 4.90 Å². The first-order valence-corrected chi connectivity index (χ1v) is 4.47. The van der Waals surface area contributed by atoms with Gasteiger partial charge >= 0.3 is 6.09 Å². The third-order valence-corrected chi connectivity index (χ3v) is 1.96. The first-order chi connectivity index (χ1) is 7.27. The van der Waals surface area contributed by atoms with Crippen molar-refractivity contribution in [2.24, 2.45) is 0 Å². The minimum Gasteiger partial charge on any atom is -0.465 e. The number of hydrogen-bond acceptors (Lipinski definition) is 4. The Hall–Kier alpha value is -2.04. The van der Waals surface area contributed by atoms with Crippen LogP contribution in [0, 0.1) is 0 Å². The molecule has 2 heterocycles. The van der Waals surface area contributed by atoms with E-state index in [9.17, 15) is 9.59 Å².